The maximum Gasteiger partial charge on any atom is 0.144 e. The molecular formula is C9H13BN2O. The van der Waals surface area contributed by atoms with E-state index in [1.54, 1.807) is 26.4 Å². The van der Waals surface area contributed by atoms with Gasteiger partial charge in [0.2, 0.25) is 0 Å². The quantitative estimate of drug-likeness (QED) is 0.589. The Morgan fingerprint density at radius 3 is 2.77 bits per heavy atom. The molecule has 0 saturated carbocycles. The summed E-state index contributed by atoms with van der Waals surface area (Å²) in [6.45, 7) is 0. The second kappa shape index (κ2) is 3.98. The lowest BCUT2D eigenvalue weighted by Gasteiger charge is -2.16. The number of rotatable bonds is 2. The lowest BCUT2D eigenvalue weighted by Crippen LogP contribution is -2.12. The first-order valence-electron chi connectivity index (χ1n) is 4.10. The largest absolute Gasteiger partial charge is 0.497 e. The highest BCUT2D eigenvalue weighted by Gasteiger charge is 2.15. The van der Waals surface area contributed by atoms with Crippen molar-refractivity contribution in [3.8, 4) is 0 Å². The zero-order valence-electron chi connectivity index (χ0n) is 8.14. The van der Waals surface area contributed by atoms with Gasteiger partial charge in [0.05, 0.1) is 18.4 Å². The minimum absolute atomic E-state index is 0.469. The molecule has 1 aliphatic rings. The molecule has 0 heterocycles. The summed E-state index contributed by atoms with van der Waals surface area (Å²) in [4.78, 5) is 0. The normalized spacial score (nSPS) is 19.5. The summed E-state index contributed by atoms with van der Waals surface area (Å²) in [5, 5.41) is 10.6. The Hall–Kier alpha value is -1.45. The molecule has 0 radical (unpaired) electrons. The third-order valence-electron chi connectivity index (χ3n) is 1.89. The van der Waals surface area contributed by atoms with Crippen LogP contribution in [-0.2, 0) is 4.74 Å². The van der Waals surface area contributed by atoms with Crippen LogP contribution in [0, 0.1) is 5.41 Å². The van der Waals surface area contributed by atoms with E-state index < -0.39 is 0 Å². The monoisotopic (exact) mass is 176 g/mol. The standard InChI is InChI=1S/C9H13BN2O/c1-12-5-6-8(11)4-3-7(10)9(6)13-2/h3-5,11-12H,10H2,1-2H3/b6-5+,11-8?. The fourth-order valence-electron chi connectivity index (χ4n) is 1.27. The molecule has 1 aliphatic carbocycles. The van der Waals surface area contributed by atoms with Gasteiger partial charge in [0.25, 0.3) is 0 Å². The van der Waals surface area contributed by atoms with Crippen LogP contribution in [0.4, 0.5) is 0 Å². The Morgan fingerprint density at radius 2 is 2.23 bits per heavy atom. The molecule has 0 amide bonds. The third-order valence-corrected chi connectivity index (χ3v) is 1.89. The van der Waals surface area contributed by atoms with Crippen molar-refractivity contribution in [3.63, 3.8) is 0 Å². The van der Waals surface area contributed by atoms with Crippen molar-refractivity contribution in [2.45, 2.75) is 0 Å². The van der Waals surface area contributed by atoms with Crippen LogP contribution in [0.25, 0.3) is 0 Å². The summed E-state index contributed by atoms with van der Waals surface area (Å²) in [7, 11) is 5.39. The maximum absolute atomic E-state index is 7.66. The molecule has 0 aromatic heterocycles. The van der Waals surface area contributed by atoms with Crippen LogP contribution in [0.2, 0.25) is 0 Å². The molecule has 13 heavy (non-hydrogen) atoms. The smallest absolute Gasteiger partial charge is 0.144 e. The van der Waals surface area contributed by atoms with Gasteiger partial charge in [-0.05, 0) is 11.5 Å². The molecule has 68 valence electrons. The van der Waals surface area contributed by atoms with Gasteiger partial charge in [-0.15, -0.1) is 0 Å². The average Bonchev–Trinajstić information content (AvgIpc) is 2.12. The summed E-state index contributed by atoms with van der Waals surface area (Å²) in [5.41, 5.74) is 2.31. The molecule has 0 bridgehead atoms. The first kappa shape index (κ1) is 9.64. The lowest BCUT2D eigenvalue weighted by atomic mass is 9.86. The van der Waals surface area contributed by atoms with E-state index >= 15 is 0 Å². The molecular weight excluding hydrogens is 163 g/mol. The Labute approximate surface area is 79.1 Å². The Balaban J connectivity index is 3.12. The summed E-state index contributed by atoms with van der Waals surface area (Å²) >= 11 is 0. The van der Waals surface area contributed by atoms with Gasteiger partial charge >= 0.3 is 0 Å². The molecule has 0 aromatic rings. The van der Waals surface area contributed by atoms with E-state index in [0.29, 0.717) is 5.71 Å². The highest BCUT2D eigenvalue weighted by Crippen LogP contribution is 2.20. The van der Waals surface area contributed by atoms with Gasteiger partial charge in [0.1, 0.15) is 13.6 Å². The van der Waals surface area contributed by atoms with Crippen LogP contribution in [0.5, 0.6) is 0 Å². The molecule has 0 spiro atoms. The third kappa shape index (κ3) is 1.83. The van der Waals surface area contributed by atoms with Gasteiger partial charge in [0, 0.05) is 13.2 Å². The SMILES string of the molecule is BC1=C(OC)/C(=C/NC)C(=N)C=C1. The average molecular weight is 176 g/mol. The molecule has 0 atom stereocenters. The van der Waals surface area contributed by atoms with E-state index in [2.05, 4.69) is 5.32 Å². The molecule has 0 aliphatic heterocycles. The minimum atomic E-state index is 0.469. The zero-order valence-corrected chi connectivity index (χ0v) is 8.14. The van der Waals surface area contributed by atoms with Gasteiger partial charge in [-0.1, -0.05) is 6.08 Å². The molecule has 3 nitrogen and oxygen atoms in total. The Morgan fingerprint density at radius 1 is 1.54 bits per heavy atom. The highest BCUT2D eigenvalue weighted by molar-refractivity contribution is 6.27. The lowest BCUT2D eigenvalue weighted by molar-refractivity contribution is 0.302. The number of ether oxygens (including phenoxy) is 1. The first-order valence-corrected chi connectivity index (χ1v) is 4.10. The van der Waals surface area contributed by atoms with Crippen molar-refractivity contribution in [3.05, 3.63) is 35.2 Å². The van der Waals surface area contributed by atoms with Gasteiger partial charge in [-0.2, -0.15) is 0 Å². The number of nitrogens with one attached hydrogen (secondary N) is 2. The molecule has 4 heteroatoms. The van der Waals surface area contributed by atoms with Crippen LogP contribution in [0.1, 0.15) is 0 Å². The number of hydrogen-bond donors (Lipinski definition) is 2. The molecule has 0 aromatic carbocycles. The van der Waals surface area contributed by atoms with E-state index in [0.717, 1.165) is 16.8 Å². The topological polar surface area (TPSA) is 45.1 Å². The zero-order chi connectivity index (χ0) is 9.84. The summed E-state index contributed by atoms with van der Waals surface area (Å²) in [6.07, 6.45) is 5.42. The first-order chi connectivity index (χ1) is 6.20. The van der Waals surface area contributed by atoms with Crippen LogP contribution in [0.3, 0.4) is 0 Å². The number of allylic oxidation sites excluding steroid dienone is 4. The highest BCUT2D eigenvalue weighted by atomic mass is 16.5. The molecule has 0 fully saturated rings. The van der Waals surface area contributed by atoms with Gasteiger partial charge in [-0.3, -0.25) is 0 Å². The van der Waals surface area contributed by atoms with Gasteiger partial charge < -0.3 is 15.5 Å². The molecule has 0 unspecified atom stereocenters. The fraction of sp³-hybridized carbons (Fsp3) is 0.222. The van der Waals surface area contributed by atoms with Crippen molar-refractivity contribution < 1.29 is 4.74 Å². The van der Waals surface area contributed by atoms with Crippen LogP contribution >= 0.6 is 0 Å². The van der Waals surface area contributed by atoms with E-state index in [4.69, 9.17) is 10.1 Å². The van der Waals surface area contributed by atoms with Gasteiger partial charge in [0.15, 0.2) is 0 Å². The minimum Gasteiger partial charge on any atom is -0.497 e. The van der Waals surface area contributed by atoms with Crippen LogP contribution < -0.4 is 5.32 Å². The molecule has 0 saturated heterocycles. The van der Waals surface area contributed by atoms with Crippen molar-refractivity contribution in [1.29, 1.82) is 5.41 Å². The summed E-state index contributed by atoms with van der Waals surface area (Å²) < 4.78 is 5.22. The summed E-state index contributed by atoms with van der Waals surface area (Å²) in [5.74, 6) is 0.766. The van der Waals surface area contributed by atoms with E-state index in [-0.39, 0.29) is 0 Å². The predicted molar refractivity (Wildman–Crippen MR) is 56.6 cm³/mol. The van der Waals surface area contributed by atoms with Gasteiger partial charge in [-0.25, -0.2) is 0 Å². The van der Waals surface area contributed by atoms with Crippen molar-refractivity contribution in [1.82, 2.24) is 5.32 Å². The molecule has 2 N–H and O–H groups in total. The van der Waals surface area contributed by atoms with Crippen molar-refractivity contribution in [2.75, 3.05) is 14.2 Å². The maximum atomic E-state index is 7.66. The van der Waals surface area contributed by atoms with Crippen LogP contribution in [-0.4, -0.2) is 27.7 Å². The van der Waals surface area contributed by atoms with E-state index in [9.17, 15) is 0 Å². The second-order valence-corrected chi connectivity index (χ2v) is 2.81. The fourth-order valence-corrected chi connectivity index (χ4v) is 1.27. The van der Waals surface area contributed by atoms with E-state index in [1.165, 1.54) is 0 Å². The Kier molecular flexibility index (Phi) is 2.95. The molecule has 1 rings (SSSR count). The number of methoxy groups -OCH3 is 1. The summed E-state index contributed by atoms with van der Waals surface area (Å²) in [6, 6.07) is 0. The predicted octanol–water partition coefficient (Wildman–Crippen LogP) is 0.170. The van der Waals surface area contributed by atoms with Crippen molar-refractivity contribution >= 4 is 13.6 Å². The van der Waals surface area contributed by atoms with E-state index in [1.807, 2.05) is 13.9 Å². The Bertz CT molecular complexity index is 316. The van der Waals surface area contributed by atoms with Crippen molar-refractivity contribution in [2.24, 2.45) is 0 Å². The number of hydrogen-bond acceptors (Lipinski definition) is 3. The van der Waals surface area contributed by atoms with Crippen LogP contribution in [0.15, 0.2) is 35.2 Å². The second-order valence-electron chi connectivity index (χ2n) is 2.81.